The predicted octanol–water partition coefficient (Wildman–Crippen LogP) is 4.37. The molecule has 36 heavy (non-hydrogen) atoms. The van der Waals surface area contributed by atoms with Gasteiger partial charge in [-0.2, -0.15) is 0 Å². The Kier molecular flexibility index (Phi) is 4.85. The SMILES string of the molecule is CN(C)c1ccc(-c2ccc(N)c3c2C(O)C2C=CC=CC2C3=O)c2c1C(=O)c1ccccc1C2=O. The van der Waals surface area contributed by atoms with E-state index in [9.17, 15) is 19.5 Å². The topological polar surface area (TPSA) is 101 Å². The highest BCUT2D eigenvalue weighted by Gasteiger charge is 2.43. The molecule has 0 radical (unpaired) electrons. The summed E-state index contributed by atoms with van der Waals surface area (Å²) < 4.78 is 0. The monoisotopic (exact) mass is 476 g/mol. The molecule has 6 rings (SSSR count). The van der Waals surface area contributed by atoms with E-state index in [1.165, 1.54) is 0 Å². The van der Waals surface area contributed by atoms with Crippen molar-refractivity contribution in [3.8, 4) is 11.1 Å². The van der Waals surface area contributed by atoms with Crippen LogP contribution in [0.2, 0.25) is 0 Å². The molecule has 0 fully saturated rings. The molecule has 0 aromatic heterocycles. The number of hydrogen-bond acceptors (Lipinski definition) is 6. The van der Waals surface area contributed by atoms with Crippen LogP contribution in [0.15, 0.2) is 72.8 Å². The summed E-state index contributed by atoms with van der Waals surface area (Å²) in [6.45, 7) is 0. The normalized spacial score (nSPS) is 21.5. The number of benzene rings is 3. The van der Waals surface area contributed by atoms with Crippen molar-refractivity contribution in [2.75, 3.05) is 24.7 Å². The maximum absolute atomic E-state index is 13.9. The van der Waals surface area contributed by atoms with Gasteiger partial charge in [-0.05, 0) is 23.3 Å². The summed E-state index contributed by atoms with van der Waals surface area (Å²) in [6.07, 6.45) is 6.24. The highest BCUT2D eigenvalue weighted by molar-refractivity contribution is 6.32. The van der Waals surface area contributed by atoms with Crippen molar-refractivity contribution >= 4 is 28.7 Å². The minimum atomic E-state index is -1.01. The Hall–Kier alpha value is -4.29. The molecule has 0 saturated carbocycles. The number of carbonyl (C=O) groups is 3. The van der Waals surface area contributed by atoms with E-state index in [1.807, 2.05) is 31.1 Å². The van der Waals surface area contributed by atoms with Gasteiger partial charge in [-0.1, -0.05) is 60.7 Å². The summed E-state index contributed by atoms with van der Waals surface area (Å²) in [5.74, 6) is -1.60. The van der Waals surface area contributed by atoms with Gasteiger partial charge in [-0.15, -0.1) is 0 Å². The minimum absolute atomic E-state index is 0.160. The standard InChI is InChI=1S/C30H24N2O4/c1-32(2)22-14-12-16(24-26(22)30(36)20-10-6-4-8-18(20)28(24)34)15-11-13-21(31)25-23(15)27(33)17-7-3-5-9-19(17)29(25)35/h3-14,17,19,27,33H,31H2,1-2H3. The van der Waals surface area contributed by atoms with E-state index < -0.39 is 17.9 Å². The second kappa shape index (κ2) is 7.86. The van der Waals surface area contributed by atoms with E-state index >= 15 is 0 Å². The average Bonchev–Trinajstić information content (AvgIpc) is 2.89. The number of nitrogens with two attached hydrogens (primary N) is 1. The lowest BCUT2D eigenvalue weighted by Gasteiger charge is -2.36. The third-order valence-electron chi connectivity index (χ3n) is 7.49. The maximum atomic E-state index is 13.9. The fourth-order valence-corrected chi connectivity index (χ4v) is 5.80. The molecule has 3 aromatic carbocycles. The quantitative estimate of drug-likeness (QED) is 0.417. The van der Waals surface area contributed by atoms with E-state index in [1.54, 1.807) is 60.7 Å². The number of anilines is 2. The molecule has 0 spiro atoms. The van der Waals surface area contributed by atoms with E-state index in [0.29, 0.717) is 39.1 Å². The predicted molar refractivity (Wildman–Crippen MR) is 138 cm³/mol. The van der Waals surface area contributed by atoms with Crippen molar-refractivity contribution in [3.63, 3.8) is 0 Å². The number of nitrogen functional groups attached to an aromatic ring is 1. The Labute approximate surface area is 208 Å². The molecule has 6 heteroatoms. The summed E-state index contributed by atoms with van der Waals surface area (Å²) in [7, 11) is 3.65. The summed E-state index contributed by atoms with van der Waals surface area (Å²) >= 11 is 0. The second-order valence-electron chi connectivity index (χ2n) is 9.65. The third-order valence-corrected chi connectivity index (χ3v) is 7.49. The number of nitrogens with zero attached hydrogens (tertiary/aromatic N) is 1. The molecule has 3 N–H and O–H groups in total. The second-order valence-corrected chi connectivity index (χ2v) is 9.65. The highest BCUT2D eigenvalue weighted by atomic mass is 16.3. The zero-order valence-electron chi connectivity index (χ0n) is 19.9. The first kappa shape index (κ1) is 22.2. The summed E-state index contributed by atoms with van der Waals surface area (Å²) in [4.78, 5) is 42.9. The van der Waals surface area contributed by atoms with Gasteiger partial charge in [-0.25, -0.2) is 0 Å². The number of ketones is 3. The van der Waals surface area contributed by atoms with Gasteiger partial charge in [0.05, 0.1) is 11.7 Å². The molecule has 0 aliphatic heterocycles. The molecular weight excluding hydrogens is 452 g/mol. The lowest BCUT2D eigenvalue weighted by Crippen LogP contribution is -2.35. The average molecular weight is 477 g/mol. The molecular formula is C30H24N2O4. The van der Waals surface area contributed by atoms with Crippen LogP contribution in [0.5, 0.6) is 0 Å². The number of hydrogen-bond donors (Lipinski definition) is 2. The number of carbonyl (C=O) groups excluding carboxylic acids is 3. The van der Waals surface area contributed by atoms with Gasteiger partial charge < -0.3 is 15.7 Å². The molecule has 3 atom stereocenters. The molecule has 6 nitrogen and oxygen atoms in total. The number of allylic oxidation sites excluding steroid dienone is 3. The molecule has 3 aliphatic carbocycles. The van der Waals surface area contributed by atoms with Crippen molar-refractivity contribution in [2.45, 2.75) is 6.10 Å². The Morgan fingerprint density at radius 3 is 2.08 bits per heavy atom. The van der Waals surface area contributed by atoms with Crippen LogP contribution >= 0.6 is 0 Å². The van der Waals surface area contributed by atoms with Gasteiger partial charge in [0.25, 0.3) is 0 Å². The molecule has 3 aliphatic rings. The van der Waals surface area contributed by atoms with Crippen molar-refractivity contribution in [3.05, 3.63) is 106 Å². The van der Waals surface area contributed by atoms with Crippen LogP contribution in [-0.2, 0) is 0 Å². The van der Waals surface area contributed by atoms with Crippen LogP contribution < -0.4 is 10.6 Å². The Morgan fingerprint density at radius 1 is 0.750 bits per heavy atom. The van der Waals surface area contributed by atoms with Crippen molar-refractivity contribution in [2.24, 2.45) is 11.8 Å². The fraction of sp³-hybridized carbons (Fsp3) is 0.167. The fourth-order valence-electron chi connectivity index (χ4n) is 5.80. The number of aliphatic hydroxyl groups is 1. The van der Waals surface area contributed by atoms with E-state index in [-0.39, 0.29) is 34.2 Å². The Bertz CT molecular complexity index is 1560. The van der Waals surface area contributed by atoms with Crippen molar-refractivity contribution in [1.82, 2.24) is 0 Å². The number of Topliss-reactive ketones (excluding diaryl/α,β-unsaturated/α-hetero) is 1. The Morgan fingerprint density at radius 2 is 1.39 bits per heavy atom. The van der Waals surface area contributed by atoms with Gasteiger partial charge in [0.2, 0.25) is 0 Å². The molecule has 0 saturated heterocycles. The lowest BCUT2D eigenvalue weighted by atomic mass is 9.68. The number of aliphatic hydroxyl groups excluding tert-OH is 1. The van der Waals surface area contributed by atoms with Crippen LogP contribution in [-0.4, -0.2) is 36.6 Å². The molecule has 0 heterocycles. The van der Waals surface area contributed by atoms with E-state index in [0.717, 1.165) is 0 Å². The largest absolute Gasteiger partial charge is 0.398 e. The van der Waals surface area contributed by atoms with Gasteiger partial charge in [-0.3, -0.25) is 14.4 Å². The Balaban J connectivity index is 1.67. The summed E-state index contributed by atoms with van der Waals surface area (Å²) in [6, 6.07) is 13.8. The molecule has 3 aromatic rings. The van der Waals surface area contributed by atoms with Crippen LogP contribution in [0.25, 0.3) is 11.1 Å². The van der Waals surface area contributed by atoms with Gasteiger partial charge in [0.1, 0.15) is 0 Å². The first-order valence-electron chi connectivity index (χ1n) is 11.8. The lowest BCUT2D eigenvalue weighted by molar-refractivity contribution is 0.0690. The third kappa shape index (κ3) is 2.91. The first-order chi connectivity index (χ1) is 17.3. The van der Waals surface area contributed by atoms with Gasteiger partial charge in [0.15, 0.2) is 17.3 Å². The van der Waals surface area contributed by atoms with E-state index in [2.05, 4.69) is 0 Å². The van der Waals surface area contributed by atoms with Crippen LogP contribution in [0, 0.1) is 11.8 Å². The molecule has 178 valence electrons. The minimum Gasteiger partial charge on any atom is -0.398 e. The number of rotatable bonds is 2. The van der Waals surface area contributed by atoms with E-state index in [4.69, 9.17) is 5.73 Å². The van der Waals surface area contributed by atoms with Crippen molar-refractivity contribution < 1.29 is 19.5 Å². The van der Waals surface area contributed by atoms with Crippen LogP contribution in [0.4, 0.5) is 11.4 Å². The van der Waals surface area contributed by atoms with Crippen molar-refractivity contribution in [1.29, 1.82) is 0 Å². The van der Waals surface area contributed by atoms with Crippen LogP contribution in [0.3, 0.4) is 0 Å². The number of fused-ring (bicyclic) bond motifs is 4. The maximum Gasteiger partial charge on any atom is 0.196 e. The van der Waals surface area contributed by atoms with Gasteiger partial charge in [0, 0.05) is 65.1 Å². The van der Waals surface area contributed by atoms with Crippen LogP contribution in [0.1, 0.15) is 53.9 Å². The molecule has 0 amide bonds. The summed E-state index contributed by atoms with van der Waals surface area (Å²) in [5, 5.41) is 11.5. The summed E-state index contributed by atoms with van der Waals surface area (Å²) in [5.41, 5.74) is 10.2. The highest BCUT2D eigenvalue weighted by Crippen LogP contribution is 2.48. The first-order valence-corrected chi connectivity index (χ1v) is 11.8. The van der Waals surface area contributed by atoms with Gasteiger partial charge >= 0.3 is 0 Å². The smallest absolute Gasteiger partial charge is 0.196 e. The molecule has 0 bridgehead atoms. The zero-order valence-corrected chi connectivity index (χ0v) is 19.9. The zero-order chi connectivity index (χ0) is 25.3. The molecule has 3 unspecified atom stereocenters.